The van der Waals surface area contributed by atoms with Crippen LogP contribution in [0.15, 0.2) is 36.7 Å². The number of nitrogens with one attached hydrogen (secondary N) is 1. The Morgan fingerprint density at radius 2 is 2.14 bits per heavy atom. The number of aryl methyl sites for hydroxylation is 1. The molecule has 1 fully saturated rings. The van der Waals surface area contributed by atoms with Crippen LogP contribution in [-0.4, -0.2) is 39.7 Å². The number of nitrogens with two attached hydrogens (primary N) is 1. The second kappa shape index (κ2) is 7.81. The molecule has 3 N–H and O–H groups in total. The summed E-state index contributed by atoms with van der Waals surface area (Å²) in [4.78, 5) is 8.70. The van der Waals surface area contributed by atoms with Crippen molar-refractivity contribution in [1.29, 1.82) is 0 Å². The fraction of sp³-hybridized carbons (Fsp3) is 0.300. The Morgan fingerprint density at radius 3 is 2.93 bits per heavy atom. The molecular formula is C20H22FN5OS. The van der Waals surface area contributed by atoms with E-state index in [1.54, 1.807) is 18.0 Å². The quantitative estimate of drug-likeness (QED) is 0.493. The average molecular weight is 399 g/mol. The largest absolute Gasteiger partial charge is 0.487 e. The summed E-state index contributed by atoms with van der Waals surface area (Å²) >= 11 is 1.70. The second-order valence-corrected chi connectivity index (χ2v) is 7.70. The van der Waals surface area contributed by atoms with Crippen molar-refractivity contribution < 1.29 is 9.13 Å². The number of nitrogen functional groups attached to an aromatic ring is 1. The molecule has 0 radical (unpaired) electrons. The van der Waals surface area contributed by atoms with Crippen LogP contribution in [0.1, 0.15) is 12.0 Å². The third kappa shape index (κ3) is 3.83. The van der Waals surface area contributed by atoms with Crippen molar-refractivity contribution in [2.75, 3.05) is 30.4 Å². The van der Waals surface area contributed by atoms with E-state index < -0.39 is 0 Å². The number of fused-ring (bicyclic) bond motifs is 1. The van der Waals surface area contributed by atoms with Crippen LogP contribution in [0, 0.1) is 12.7 Å². The SMILES string of the molecule is CSN1CC[C@@H](Oc2cc(F)ccc2Nc2ncnc3cc(N)cc(C)c23)C1. The highest BCUT2D eigenvalue weighted by atomic mass is 32.2. The molecule has 0 spiro atoms. The van der Waals surface area contributed by atoms with Gasteiger partial charge in [-0.25, -0.2) is 18.7 Å². The lowest BCUT2D eigenvalue weighted by atomic mass is 10.1. The van der Waals surface area contributed by atoms with Gasteiger partial charge in [0.2, 0.25) is 0 Å². The van der Waals surface area contributed by atoms with Crippen molar-refractivity contribution in [3.05, 3.63) is 48.0 Å². The summed E-state index contributed by atoms with van der Waals surface area (Å²) < 4.78 is 22.3. The maximum absolute atomic E-state index is 13.9. The molecular weight excluding hydrogens is 377 g/mol. The first-order valence-corrected chi connectivity index (χ1v) is 10.2. The minimum Gasteiger partial charge on any atom is -0.487 e. The minimum absolute atomic E-state index is 0.0264. The smallest absolute Gasteiger partial charge is 0.146 e. The van der Waals surface area contributed by atoms with Gasteiger partial charge in [-0.2, -0.15) is 0 Å². The van der Waals surface area contributed by atoms with Gasteiger partial charge < -0.3 is 15.8 Å². The number of anilines is 3. The maximum atomic E-state index is 13.9. The summed E-state index contributed by atoms with van der Waals surface area (Å²) in [5.74, 6) is 0.778. The molecule has 2 aromatic carbocycles. The Kier molecular flexibility index (Phi) is 5.23. The number of nitrogens with zero attached hydrogens (tertiary/aromatic N) is 3. The molecule has 0 aliphatic carbocycles. The molecule has 1 aliphatic rings. The summed E-state index contributed by atoms with van der Waals surface area (Å²) in [6.45, 7) is 3.73. The Bertz CT molecular complexity index is 1020. The zero-order chi connectivity index (χ0) is 19.7. The lowest BCUT2D eigenvalue weighted by molar-refractivity contribution is 0.217. The standard InChI is InChI=1S/C20H22FN5OS/c1-12-7-14(22)9-17-19(12)20(24-11-23-17)25-16-4-3-13(21)8-18(16)27-15-5-6-26(10-15)28-2/h3-4,7-9,11,15H,5-6,10,22H2,1-2H3,(H,23,24,25)/t15-/m1/s1. The van der Waals surface area contributed by atoms with Gasteiger partial charge in [-0.1, -0.05) is 11.9 Å². The van der Waals surface area contributed by atoms with E-state index in [1.807, 2.05) is 25.3 Å². The van der Waals surface area contributed by atoms with Gasteiger partial charge in [0.25, 0.3) is 0 Å². The van der Waals surface area contributed by atoms with Crippen molar-refractivity contribution in [2.24, 2.45) is 0 Å². The highest BCUT2D eigenvalue weighted by molar-refractivity contribution is 7.96. The van der Waals surface area contributed by atoms with Crippen LogP contribution < -0.4 is 15.8 Å². The van der Waals surface area contributed by atoms with Crippen molar-refractivity contribution in [2.45, 2.75) is 19.4 Å². The van der Waals surface area contributed by atoms with Crippen LogP contribution in [-0.2, 0) is 0 Å². The van der Waals surface area contributed by atoms with Crippen LogP contribution in [0.5, 0.6) is 5.75 Å². The van der Waals surface area contributed by atoms with Gasteiger partial charge >= 0.3 is 0 Å². The number of rotatable bonds is 5. The van der Waals surface area contributed by atoms with Gasteiger partial charge in [0, 0.05) is 30.2 Å². The first-order valence-electron chi connectivity index (χ1n) is 9.06. The van der Waals surface area contributed by atoms with Gasteiger partial charge in [0.15, 0.2) is 0 Å². The molecule has 1 atom stereocenters. The van der Waals surface area contributed by atoms with E-state index in [4.69, 9.17) is 10.5 Å². The van der Waals surface area contributed by atoms with E-state index in [0.717, 1.165) is 36.0 Å². The van der Waals surface area contributed by atoms with Gasteiger partial charge in [-0.15, -0.1) is 0 Å². The Morgan fingerprint density at radius 1 is 1.29 bits per heavy atom. The molecule has 0 bridgehead atoms. The second-order valence-electron chi connectivity index (χ2n) is 6.82. The molecule has 28 heavy (non-hydrogen) atoms. The first-order chi connectivity index (χ1) is 13.5. The minimum atomic E-state index is -0.336. The topological polar surface area (TPSA) is 76.3 Å². The normalized spacial score (nSPS) is 17.2. The molecule has 0 unspecified atom stereocenters. The summed E-state index contributed by atoms with van der Waals surface area (Å²) in [5, 5.41) is 4.18. The predicted octanol–water partition coefficient (Wildman–Crippen LogP) is 4.13. The van der Waals surface area contributed by atoms with Crippen molar-refractivity contribution in [3.8, 4) is 5.75 Å². The van der Waals surface area contributed by atoms with Crippen LogP contribution in [0.4, 0.5) is 21.6 Å². The average Bonchev–Trinajstić information content (AvgIpc) is 3.11. The van der Waals surface area contributed by atoms with E-state index in [1.165, 1.54) is 18.5 Å². The number of halogens is 1. The van der Waals surface area contributed by atoms with E-state index >= 15 is 0 Å². The Hall–Kier alpha value is -2.58. The molecule has 6 nitrogen and oxygen atoms in total. The monoisotopic (exact) mass is 399 g/mol. The molecule has 1 aromatic heterocycles. The number of hydrogen-bond donors (Lipinski definition) is 2. The van der Waals surface area contributed by atoms with E-state index in [9.17, 15) is 4.39 Å². The molecule has 8 heteroatoms. The fourth-order valence-electron chi connectivity index (χ4n) is 3.48. The summed E-state index contributed by atoms with van der Waals surface area (Å²) in [6, 6.07) is 8.19. The highest BCUT2D eigenvalue weighted by Crippen LogP contribution is 2.34. The zero-order valence-electron chi connectivity index (χ0n) is 15.8. The molecule has 3 aromatic rings. The van der Waals surface area contributed by atoms with Crippen molar-refractivity contribution in [3.63, 3.8) is 0 Å². The molecule has 146 valence electrons. The van der Waals surface area contributed by atoms with E-state index in [2.05, 4.69) is 19.6 Å². The lowest BCUT2D eigenvalue weighted by Crippen LogP contribution is -2.20. The number of benzene rings is 2. The van der Waals surface area contributed by atoms with Gasteiger partial charge in [-0.05, 0) is 49.4 Å². The first kappa shape index (κ1) is 18.8. The Balaban J connectivity index is 1.66. The molecule has 1 saturated heterocycles. The highest BCUT2D eigenvalue weighted by Gasteiger charge is 2.24. The number of hydrogen-bond acceptors (Lipinski definition) is 7. The third-order valence-electron chi connectivity index (χ3n) is 4.81. The van der Waals surface area contributed by atoms with Crippen LogP contribution in [0.25, 0.3) is 10.9 Å². The lowest BCUT2D eigenvalue weighted by Gasteiger charge is -2.18. The van der Waals surface area contributed by atoms with Gasteiger partial charge in [-0.3, -0.25) is 0 Å². The molecule has 4 rings (SSSR count). The molecule has 0 amide bonds. The van der Waals surface area contributed by atoms with Crippen LogP contribution in [0.3, 0.4) is 0 Å². The summed E-state index contributed by atoms with van der Waals surface area (Å²) in [5.41, 5.74) is 8.98. The van der Waals surface area contributed by atoms with Crippen LogP contribution in [0.2, 0.25) is 0 Å². The van der Waals surface area contributed by atoms with Gasteiger partial charge in [0.1, 0.15) is 29.8 Å². The van der Waals surface area contributed by atoms with Gasteiger partial charge in [0.05, 0.1) is 11.2 Å². The number of ether oxygens (including phenoxy) is 1. The molecule has 0 saturated carbocycles. The van der Waals surface area contributed by atoms with Crippen molar-refractivity contribution in [1.82, 2.24) is 14.3 Å². The molecule has 2 heterocycles. The number of aromatic nitrogens is 2. The summed E-state index contributed by atoms with van der Waals surface area (Å²) in [7, 11) is 0. The zero-order valence-corrected chi connectivity index (χ0v) is 16.6. The summed E-state index contributed by atoms with van der Waals surface area (Å²) in [6.07, 6.45) is 4.47. The third-order valence-corrected chi connectivity index (χ3v) is 5.66. The maximum Gasteiger partial charge on any atom is 0.146 e. The Labute approximate surface area is 167 Å². The fourth-order valence-corrected chi connectivity index (χ4v) is 4.08. The predicted molar refractivity (Wildman–Crippen MR) is 112 cm³/mol. The van der Waals surface area contributed by atoms with Crippen LogP contribution >= 0.6 is 11.9 Å². The molecule has 1 aliphatic heterocycles. The van der Waals surface area contributed by atoms with E-state index in [-0.39, 0.29) is 11.9 Å². The van der Waals surface area contributed by atoms with Crippen molar-refractivity contribution >= 4 is 40.0 Å². The van der Waals surface area contributed by atoms with E-state index in [0.29, 0.717) is 22.9 Å².